The van der Waals surface area contributed by atoms with Gasteiger partial charge in [0.1, 0.15) is 0 Å². The molecule has 2 aromatic carbocycles. The Balaban J connectivity index is 1.18. The van der Waals surface area contributed by atoms with E-state index in [-0.39, 0.29) is 11.8 Å². The van der Waals surface area contributed by atoms with Crippen LogP contribution in [0.5, 0.6) is 0 Å². The molecule has 3 fully saturated rings. The second-order valence-corrected chi connectivity index (χ2v) is 10.5. The minimum absolute atomic E-state index is 0.166. The van der Waals surface area contributed by atoms with Gasteiger partial charge >= 0.3 is 0 Å². The maximum atomic E-state index is 13.1. The maximum absolute atomic E-state index is 13.1. The summed E-state index contributed by atoms with van der Waals surface area (Å²) in [5.74, 6) is 0.765. The molecule has 1 aliphatic carbocycles. The lowest BCUT2D eigenvalue weighted by atomic mass is 10.0. The van der Waals surface area contributed by atoms with E-state index in [4.69, 9.17) is 0 Å². The van der Waals surface area contributed by atoms with Crippen LogP contribution in [-0.4, -0.2) is 64.8 Å². The second kappa shape index (κ2) is 9.91. The van der Waals surface area contributed by atoms with Gasteiger partial charge in [-0.3, -0.25) is 14.5 Å². The fourth-order valence-electron chi connectivity index (χ4n) is 5.74. The van der Waals surface area contributed by atoms with Crippen molar-refractivity contribution in [3.63, 3.8) is 0 Å². The van der Waals surface area contributed by atoms with Crippen LogP contribution in [0.25, 0.3) is 0 Å². The van der Waals surface area contributed by atoms with E-state index in [1.165, 1.54) is 11.1 Å². The molecule has 2 heterocycles. The van der Waals surface area contributed by atoms with Crippen molar-refractivity contribution < 1.29 is 9.59 Å². The lowest BCUT2D eigenvalue weighted by Crippen LogP contribution is -2.48. The van der Waals surface area contributed by atoms with Crippen molar-refractivity contribution in [2.24, 2.45) is 5.92 Å². The highest BCUT2D eigenvalue weighted by Gasteiger charge is 2.40. The van der Waals surface area contributed by atoms with E-state index in [0.29, 0.717) is 18.0 Å². The van der Waals surface area contributed by atoms with Gasteiger partial charge in [0.25, 0.3) is 5.91 Å². The zero-order valence-corrected chi connectivity index (χ0v) is 20.6. The van der Waals surface area contributed by atoms with E-state index >= 15 is 0 Å². The Morgan fingerprint density at radius 3 is 2.32 bits per heavy atom. The minimum Gasteiger partial charge on any atom is -0.339 e. The number of hydrogen-bond acceptors (Lipinski definition) is 3. The number of nitrogens with zero attached hydrogens (tertiary/aromatic N) is 3. The van der Waals surface area contributed by atoms with Crippen molar-refractivity contribution in [3.8, 4) is 0 Å². The van der Waals surface area contributed by atoms with Crippen LogP contribution in [0, 0.1) is 19.8 Å². The standard InChI is InChI=1S/C29H37N3O2/c1-21-8-11-27(22(2)18-21)29(34)30-15-12-25(13-16-30)31-17-14-26(20-31)32(28(33)24-9-10-24)19-23-6-4-3-5-7-23/h3-8,11,18,24-26H,9-10,12-17,19-20H2,1-2H3/t26-/m1/s1. The monoisotopic (exact) mass is 459 g/mol. The third-order valence-electron chi connectivity index (χ3n) is 7.92. The molecule has 0 spiro atoms. The molecule has 5 rings (SSSR count). The molecule has 5 heteroatoms. The summed E-state index contributed by atoms with van der Waals surface area (Å²) in [4.78, 5) is 33.0. The van der Waals surface area contributed by atoms with E-state index in [1.807, 2.05) is 30.0 Å². The van der Waals surface area contributed by atoms with Crippen LogP contribution < -0.4 is 0 Å². The SMILES string of the molecule is Cc1ccc(C(=O)N2CCC(N3CC[C@@H](N(Cc4ccccc4)C(=O)C4CC4)C3)CC2)c(C)c1. The van der Waals surface area contributed by atoms with Gasteiger partial charge in [0.05, 0.1) is 0 Å². The number of carbonyl (C=O) groups excluding carboxylic acids is 2. The summed E-state index contributed by atoms with van der Waals surface area (Å²) in [7, 11) is 0. The molecule has 2 aromatic rings. The van der Waals surface area contributed by atoms with Gasteiger partial charge in [0, 0.05) is 56.3 Å². The van der Waals surface area contributed by atoms with Crippen LogP contribution in [0.3, 0.4) is 0 Å². The third-order valence-corrected chi connectivity index (χ3v) is 7.92. The average Bonchev–Trinajstić information content (AvgIpc) is 3.59. The molecular formula is C29H37N3O2. The summed E-state index contributed by atoms with van der Waals surface area (Å²) in [5.41, 5.74) is 4.31. The van der Waals surface area contributed by atoms with E-state index in [0.717, 1.165) is 76.0 Å². The molecule has 1 saturated carbocycles. The number of aryl methyl sites for hydroxylation is 2. The van der Waals surface area contributed by atoms with Gasteiger partial charge in [-0.05, 0) is 63.1 Å². The van der Waals surface area contributed by atoms with Crippen molar-refractivity contribution >= 4 is 11.8 Å². The van der Waals surface area contributed by atoms with Crippen molar-refractivity contribution in [1.29, 1.82) is 0 Å². The number of likely N-dealkylation sites (tertiary alicyclic amines) is 2. The van der Waals surface area contributed by atoms with E-state index in [1.54, 1.807) is 0 Å². The first-order chi connectivity index (χ1) is 16.5. The first-order valence-electron chi connectivity index (χ1n) is 12.9. The summed E-state index contributed by atoms with van der Waals surface area (Å²) >= 11 is 0. The topological polar surface area (TPSA) is 43.9 Å². The summed E-state index contributed by atoms with van der Waals surface area (Å²) in [6.45, 7) is 8.44. The van der Waals surface area contributed by atoms with Crippen molar-refractivity contribution in [3.05, 3.63) is 70.8 Å². The molecule has 0 aromatic heterocycles. The number of hydrogen-bond donors (Lipinski definition) is 0. The molecule has 2 saturated heterocycles. The maximum Gasteiger partial charge on any atom is 0.254 e. The van der Waals surface area contributed by atoms with Crippen LogP contribution in [0.15, 0.2) is 48.5 Å². The molecule has 1 atom stereocenters. The first kappa shape index (κ1) is 23.1. The Kier molecular flexibility index (Phi) is 6.73. The normalized spacial score (nSPS) is 21.6. The Morgan fingerprint density at radius 1 is 0.912 bits per heavy atom. The quantitative estimate of drug-likeness (QED) is 0.642. The highest BCUT2D eigenvalue weighted by Crippen LogP contribution is 2.34. The lowest BCUT2D eigenvalue weighted by Gasteiger charge is -2.37. The van der Waals surface area contributed by atoms with Gasteiger partial charge in [0.15, 0.2) is 0 Å². The molecule has 34 heavy (non-hydrogen) atoms. The van der Waals surface area contributed by atoms with Gasteiger partial charge < -0.3 is 9.80 Å². The number of piperidine rings is 1. The van der Waals surface area contributed by atoms with Crippen LogP contribution in [0.2, 0.25) is 0 Å². The molecular weight excluding hydrogens is 422 g/mol. The van der Waals surface area contributed by atoms with Gasteiger partial charge in [-0.2, -0.15) is 0 Å². The summed E-state index contributed by atoms with van der Waals surface area (Å²) in [6, 6.07) is 17.3. The predicted molar refractivity (Wildman–Crippen MR) is 135 cm³/mol. The third kappa shape index (κ3) is 5.05. The molecule has 0 unspecified atom stereocenters. The highest BCUT2D eigenvalue weighted by atomic mass is 16.2. The molecule has 0 N–H and O–H groups in total. The van der Waals surface area contributed by atoms with Gasteiger partial charge in [-0.1, -0.05) is 48.0 Å². The summed E-state index contributed by atoms with van der Waals surface area (Å²) in [5, 5.41) is 0. The van der Waals surface area contributed by atoms with E-state index in [2.05, 4.69) is 47.1 Å². The fraction of sp³-hybridized carbons (Fsp3) is 0.517. The number of rotatable bonds is 6. The first-order valence-corrected chi connectivity index (χ1v) is 12.9. The Bertz CT molecular complexity index is 1020. The van der Waals surface area contributed by atoms with Gasteiger partial charge in [0.2, 0.25) is 5.91 Å². The van der Waals surface area contributed by atoms with Crippen molar-refractivity contribution in [2.45, 2.75) is 64.6 Å². The fourth-order valence-corrected chi connectivity index (χ4v) is 5.74. The number of benzene rings is 2. The lowest BCUT2D eigenvalue weighted by molar-refractivity contribution is -0.135. The van der Waals surface area contributed by atoms with Crippen LogP contribution in [-0.2, 0) is 11.3 Å². The minimum atomic E-state index is 0.166. The molecule has 3 aliphatic rings. The van der Waals surface area contributed by atoms with Crippen molar-refractivity contribution in [2.75, 3.05) is 26.2 Å². The summed E-state index contributed by atoms with van der Waals surface area (Å²) < 4.78 is 0. The number of carbonyl (C=O) groups is 2. The zero-order valence-electron chi connectivity index (χ0n) is 20.6. The molecule has 180 valence electrons. The van der Waals surface area contributed by atoms with Gasteiger partial charge in [-0.15, -0.1) is 0 Å². The zero-order chi connectivity index (χ0) is 23.7. The predicted octanol–water partition coefficient (Wildman–Crippen LogP) is 4.42. The Morgan fingerprint density at radius 2 is 1.65 bits per heavy atom. The van der Waals surface area contributed by atoms with E-state index < -0.39 is 0 Å². The number of amides is 2. The Hall–Kier alpha value is -2.66. The molecule has 2 amide bonds. The molecule has 2 aliphatic heterocycles. The van der Waals surface area contributed by atoms with Crippen LogP contribution in [0.1, 0.15) is 59.2 Å². The average molecular weight is 460 g/mol. The smallest absolute Gasteiger partial charge is 0.254 e. The summed E-state index contributed by atoms with van der Waals surface area (Å²) in [6.07, 6.45) is 5.17. The van der Waals surface area contributed by atoms with E-state index in [9.17, 15) is 9.59 Å². The highest BCUT2D eigenvalue weighted by molar-refractivity contribution is 5.95. The van der Waals surface area contributed by atoms with Crippen LogP contribution in [0.4, 0.5) is 0 Å². The van der Waals surface area contributed by atoms with Gasteiger partial charge in [-0.25, -0.2) is 0 Å². The Labute approximate surface area is 203 Å². The largest absolute Gasteiger partial charge is 0.339 e. The second-order valence-electron chi connectivity index (χ2n) is 10.5. The molecule has 0 bridgehead atoms. The molecule has 0 radical (unpaired) electrons. The molecule has 5 nitrogen and oxygen atoms in total. The van der Waals surface area contributed by atoms with Crippen molar-refractivity contribution in [1.82, 2.24) is 14.7 Å². The van der Waals surface area contributed by atoms with Crippen LogP contribution >= 0.6 is 0 Å².